The Morgan fingerprint density at radius 2 is 2.04 bits per heavy atom. The number of ether oxygens (including phenoxy) is 1. The standard InChI is InChI=1S/C16H19N3O5S/c1-11(18-8-7-15(9-18)25-12(2)20)17-16(21)24-10-13-3-5-14(6-4-13)19(22)23/h3-6,15H,7-10H2,1-2H3/b17-11+. The minimum absolute atomic E-state index is 0.00355. The molecule has 1 saturated heterocycles. The summed E-state index contributed by atoms with van der Waals surface area (Å²) in [6, 6.07) is 5.78. The molecule has 9 heteroatoms. The first kappa shape index (κ1) is 18.9. The van der Waals surface area contributed by atoms with Crippen LogP contribution in [-0.2, 0) is 16.1 Å². The van der Waals surface area contributed by atoms with Crippen molar-refractivity contribution >= 4 is 34.5 Å². The Bertz CT molecular complexity index is 690. The maximum atomic E-state index is 11.8. The van der Waals surface area contributed by atoms with Crippen molar-refractivity contribution in [2.24, 2.45) is 4.99 Å². The highest BCUT2D eigenvalue weighted by molar-refractivity contribution is 8.14. The number of benzene rings is 1. The van der Waals surface area contributed by atoms with Gasteiger partial charge in [-0.15, -0.1) is 0 Å². The second kappa shape index (κ2) is 8.61. The molecule has 1 aliphatic rings. The maximum Gasteiger partial charge on any atom is 0.435 e. The molecule has 0 saturated carbocycles. The fraction of sp³-hybridized carbons (Fsp3) is 0.438. The molecule has 0 bridgehead atoms. The minimum Gasteiger partial charge on any atom is -0.443 e. The van der Waals surface area contributed by atoms with Gasteiger partial charge in [0.2, 0.25) is 0 Å². The largest absolute Gasteiger partial charge is 0.443 e. The normalized spacial score (nSPS) is 17.4. The molecule has 2 rings (SSSR count). The highest BCUT2D eigenvalue weighted by Crippen LogP contribution is 2.23. The zero-order valence-electron chi connectivity index (χ0n) is 14.0. The lowest BCUT2D eigenvalue weighted by Gasteiger charge is -2.17. The molecule has 0 aromatic heterocycles. The van der Waals surface area contributed by atoms with Gasteiger partial charge in [-0.3, -0.25) is 14.9 Å². The molecule has 0 radical (unpaired) electrons. The fourth-order valence-corrected chi connectivity index (χ4v) is 3.39. The quantitative estimate of drug-likeness (QED) is 0.350. The van der Waals surface area contributed by atoms with Crippen LogP contribution in [0.15, 0.2) is 29.3 Å². The van der Waals surface area contributed by atoms with Crippen LogP contribution < -0.4 is 0 Å². The number of hydrogen-bond donors (Lipinski definition) is 0. The van der Waals surface area contributed by atoms with Crippen molar-refractivity contribution in [1.82, 2.24) is 4.90 Å². The van der Waals surface area contributed by atoms with E-state index in [1.54, 1.807) is 13.8 Å². The van der Waals surface area contributed by atoms with Crippen LogP contribution >= 0.6 is 11.8 Å². The van der Waals surface area contributed by atoms with Crippen LogP contribution in [0.1, 0.15) is 25.8 Å². The van der Waals surface area contributed by atoms with Crippen molar-refractivity contribution in [3.8, 4) is 0 Å². The Balaban J connectivity index is 1.83. The van der Waals surface area contributed by atoms with E-state index in [9.17, 15) is 19.7 Å². The van der Waals surface area contributed by atoms with Gasteiger partial charge in [0.15, 0.2) is 5.12 Å². The zero-order chi connectivity index (χ0) is 18.4. The summed E-state index contributed by atoms with van der Waals surface area (Å²) >= 11 is 1.31. The molecule has 1 aliphatic heterocycles. The molecule has 8 nitrogen and oxygen atoms in total. The van der Waals surface area contributed by atoms with Crippen molar-refractivity contribution < 1.29 is 19.2 Å². The summed E-state index contributed by atoms with van der Waals surface area (Å²) in [4.78, 5) is 38.9. The van der Waals surface area contributed by atoms with E-state index >= 15 is 0 Å². The van der Waals surface area contributed by atoms with Gasteiger partial charge in [0.1, 0.15) is 12.4 Å². The van der Waals surface area contributed by atoms with Gasteiger partial charge in [-0.25, -0.2) is 4.79 Å². The number of likely N-dealkylation sites (tertiary alicyclic amines) is 1. The van der Waals surface area contributed by atoms with E-state index in [1.807, 2.05) is 4.90 Å². The van der Waals surface area contributed by atoms with Gasteiger partial charge in [-0.05, 0) is 31.0 Å². The first-order valence-corrected chi connectivity index (χ1v) is 8.60. The van der Waals surface area contributed by atoms with Gasteiger partial charge in [0.05, 0.1) is 4.92 Å². The molecular formula is C16H19N3O5S. The van der Waals surface area contributed by atoms with Crippen LogP contribution in [-0.4, -0.2) is 45.2 Å². The van der Waals surface area contributed by atoms with Crippen LogP contribution in [0.2, 0.25) is 0 Å². The van der Waals surface area contributed by atoms with Gasteiger partial charge in [0.25, 0.3) is 5.69 Å². The lowest BCUT2D eigenvalue weighted by molar-refractivity contribution is -0.384. The van der Waals surface area contributed by atoms with Crippen LogP contribution in [0, 0.1) is 10.1 Å². The van der Waals surface area contributed by atoms with Gasteiger partial charge >= 0.3 is 6.09 Å². The second-order valence-corrected chi connectivity index (χ2v) is 7.08. The number of rotatable bonds is 4. The van der Waals surface area contributed by atoms with E-state index in [-0.39, 0.29) is 22.7 Å². The van der Waals surface area contributed by atoms with E-state index in [1.165, 1.54) is 36.0 Å². The number of nitrogens with zero attached hydrogens (tertiary/aromatic N) is 3. The Labute approximate surface area is 149 Å². The van der Waals surface area contributed by atoms with Crippen molar-refractivity contribution in [3.05, 3.63) is 39.9 Å². The van der Waals surface area contributed by atoms with E-state index in [0.717, 1.165) is 13.0 Å². The molecular weight excluding hydrogens is 346 g/mol. The summed E-state index contributed by atoms with van der Waals surface area (Å²) in [5.74, 6) is 0.556. The summed E-state index contributed by atoms with van der Waals surface area (Å²) in [7, 11) is 0. The molecule has 0 aliphatic carbocycles. The molecule has 1 unspecified atom stereocenters. The number of carbonyl (C=O) groups excluding carboxylic acids is 2. The number of thioether (sulfide) groups is 1. The third-order valence-corrected chi connectivity index (χ3v) is 4.75. The number of nitro benzene ring substituents is 1. The number of non-ortho nitro benzene ring substituents is 1. The van der Waals surface area contributed by atoms with Crippen molar-refractivity contribution in [3.63, 3.8) is 0 Å². The average Bonchev–Trinajstić information content (AvgIpc) is 3.01. The Morgan fingerprint density at radius 3 is 2.64 bits per heavy atom. The van der Waals surface area contributed by atoms with Gasteiger partial charge in [-0.2, -0.15) is 4.99 Å². The predicted octanol–water partition coefficient (Wildman–Crippen LogP) is 3.00. The monoisotopic (exact) mass is 365 g/mol. The second-order valence-electron chi connectivity index (χ2n) is 5.60. The number of carbonyl (C=O) groups is 2. The highest BCUT2D eigenvalue weighted by Gasteiger charge is 2.25. The van der Waals surface area contributed by atoms with E-state index in [0.29, 0.717) is 17.9 Å². The number of amidine groups is 1. The van der Waals surface area contributed by atoms with E-state index < -0.39 is 11.0 Å². The average molecular weight is 365 g/mol. The van der Waals surface area contributed by atoms with Gasteiger partial charge in [0, 0.05) is 37.4 Å². The molecule has 1 fully saturated rings. The molecule has 0 N–H and O–H groups in total. The number of hydrogen-bond acceptors (Lipinski definition) is 6. The van der Waals surface area contributed by atoms with Crippen LogP contribution in [0.4, 0.5) is 10.5 Å². The van der Waals surface area contributed by atoms with Crippen LogP contribution in [0.3, 0.4) is 0 Å². The van der Waals surface area contributed by atoms with Crippen LogP contribution in [0.5, 0.6) is 0 Å². The molecule has 0 spiro atoms. The topological polar surface area (TPSA) is 102 Å². The lowest BCUT2D eigenvalue weighted by Crippen LogP contribution is -2.27. The molecule has 1 heterocycles. The summed E-state index contributed by atoms with van der Waals surface area (Å²) in [6.07, 6.45) is 0.160. The van der Waals surface area contributed by atoms with E-state index in [2.05, 4.69) is 4.99 Å². The molecule has 1 aromatic rings. The number of aliphatic imine (C=N–C) groups is 1. The van der Waals surface area contributed by atoms with Crippen LogP contribution in [0.25, 0.3) is 0 Å². The number of nitro groups is 1. The van der Waals surface area contributed by atoms with E-state index in [4.69, 9.17) is 4.74 Å². The third-order valence-electron chi connectivity index (χ3n) is 3.70. The lowest BCUT2D eigenvalue weighted by atomic mass is 10.2. The number of amides is 1. The Hall–Kier alpha value is -2.42. The first-order chi connectivity index (χ1) is 11.8. The summed E-state index contributed by atoms with van der Waals surface area (Å²) in [6.45, 7) is 4.69. The molecule has 1 amide bonds. The molecule has 1 atom stereocenters. The van der Waals surface area contributed by atoms with Crippen molar-refractivity contribution in [2.75, 3.05) is 13.1 Å². The Morgan fingerprint density at radius 1 is 1.36 bits per heavy atom. The van der Waals surface area contributed by atoms with Crippen molar-refractivity contribution in [2.45, 2.75) is 32.1 Å². The summed E-state index contributed by atoms with van der Waals surface area (Å²) < 4.78 is 5.07. The maximum absolute atomic E-state index is 11.8. The highest BCUT2D eigenvalue weighted by atomic mass is 32.2. The first-order valence-electron chi connectivity index (χ1n) is 7.72. The third kappa shape index (κ3) is 5.86. The van der Waals surface area contributed by atoms with Gasteiger partial charge < -0.3 is 9.64 Å². The predicted molar refractivity (Wildman–Crippen MR) is 94.6 cm³/mol. The smallest absolute Gasteiger partial charge is 0.435 e. The summed E-state index contributed by atoms with van der Waals surface area (Å²) in [5, 5.41) is 10.9. The summed E-state index contributed by atoms with van der Waals surface area (Å²) in [5.41, 5.74) is 0.627. The molecule has 134 valence electrons. The van der Waals surface area contributed by atoms with Gasteiger partial charge in [-0.1, -0.05) is 11.8 Å². The Kier molecular flexibility index (Phi) is 6.51. The fourth-order valence-electron chi connectivity index (χ4n) is 2.45. The SMILES string of the molecule is CC(=O)SC1CCN(/C(C)=N/C(=O)OCc2ccc([N+](=O)[O-])cc2)C1. The minimum atomic E-state index is -0.710. The van der Waals surface area contributed by atoms with Crippen molar-refractivity contribution in [1.29, 1.82) is 0 Å². The zero-order valence-corrected chi connectivity index (χ0v) is 14.8. The molecule has 25 heavy (non-hydrogen) atoms. The molecule has 1 aromatic carbocycles.